The summed E-state index contributed by atoms with van der Waals surface area (Å²) in [5.74, 6) is 0. The molecule has 4 heteroatoms. The Morgan fingerprint density at radius 2 is 1.90 bits per heavy atom. The highest BCUT2D eigenvalue weighted by Gasteiger charge is 2.21. The number of unbranched alkanes of at least 4 members (excludes halogenated alkanes) is 1. The predicted molar refractivity (Wildman–Crippen MR) is 38.8 cm³/mol. The molecule has 0 aliphatic carbocycles. The van der Waals surface area contributed by atoms with E-state index in [0.29, 0.717) is 0 Å². The van der Waals surface area contributed by atoms with Crippen molar-refractivity contribution in [1.82, 2.24) is 0 Å². The van der Waals surface area contributed by atoms with Crippen LogP contribution < -0.4 is 0 Å². The van der Waals surface area contributed by atoms with Gasteiger partial charge in [-0.25, -0.2) is 0 Å². The second-order valence-electron chi connectivity index (χ2n) is 2.39. The van der Waals surface area contributed by atoms with Crippen molar-refractivity contribution in [2.24, 2.45) is 0 Å². The number of aliphatic hydroxyl groups is 1. The lowest BCUT2D eigenvalue weighted by atomic mass is 9.83. The fourth-order valence-corrected chi connectivity index (χ4v) is 0.997. The van der Waals surface area contributed by atoms with Crippen LogP contribution in [0.2, 0.25) is 6.32 Å². The van der Waals surface area contributed by atoms with E-state index < -0.39 is 0 Å². The Morgan fingerprint density at radius 1 is 1.20 bits per heavy atom. The van der Waals surface area contributed by atoms with Crippen LogP contribution in [-0.2, 0) is 9.31 Å². The molecule has 1 aliphatic heterocycles. The molecular formula is C6H13BO3. The van der Waals surface area contributed by atoms with Gasteiger partial charge in [-0.3, -0.25) is 0 Å². The van der Waals surface area contributed by atoms with Gasteiger partial charge in [0.05, 0.1) is 13.2 Å². The monoisotopic (exact) mass is 144 g/mol. The fraction of sp³-hybridized carbons (Fsp3) is 1.00. The molecule has 58 valence electrons. The second-order valence-corrected chi connectivity index (χ2v) is 2.39. The van der Waals surface area contributed by atoms with E-state index in [4.69, 9.17) is 14.4 Å². The van der Waals surface area contributed by atoms with Crippen molar-refractivity contribution in [3.8, 4) is 0 Å². The molecule has 0 aromatic rings. The largest absolute Gasteiger partial charge is 0.457 e. The molecule has 0 saturated carbocycles. The minimum atomic E-state index is 0.00606. The van der Waals surface area contributed by atoms with Crippen LogP contribution in [0, 0.1) is 0 Å². The predicted octanol–water partition coefficient (Wildman–Crippen LogP) is 0.294. The summed E-state index contributed by atoms with van der Waals surface area (Å²) >= 11 is 0. The molecule has 0 aromatic carbocycles. The lowest BCUT2D eigenvalue weighted by Gasteiger charge is -2.00. The van der Waals surface area contributed by atoms with Gasteiger partial charge < -0.3 is 14.4 Å². The number of rotatable bonds is 4. The molecule has 10 heavy (non-hydrogen) atoms. The van der Waals surface area contributed by atoms with E-state index in [1.54, 1.807) is 0 Å². The maximum atomic E-state index is 8.46. The third-order valence-corrected chi connectivity index (χ3v) is 1.54. The average Bonchev–Trinajstić information content (AvgIpc) is 2.41. The van der Waals surface area contributed by atoms with Crippen LogP contribution in [0.15, 0.2) is 0 Å². The molecule has 1 fully saturated rings. The van der Waals surface area contributed by atoms with E-state index in [1.807, 2.05) is 0 Å². The van der Waals surface area contributed by atoms with Crippen molar-refractivity contribution in [3.05, 3.63) is 0 Å². The van der Waals surface area contributed by atoms with Gasteiger partial charge in [0.15, 0.2) is 0 Å². The van der Waals surface area contributed by atoms with Crippen molar-refractivity contribution >= 4 is 7.12 Å². The topological polar surface area (TPSA) is 38.7 Å². The molecule has 0 unspecified atom stereocenters. The molecule has 3 nitrogen and oxygen atoms in total. The molecule has 0 radical (unpaired) electrons. The molecule has 0 bridgehead atoms. The van der Waals surface area contributed by atoms with E-state index >= 15 is 0 Å². The minimum absolute atomic E-state index is 0.00606. The highest BCUT2D eigenvalue weighted by molar-refractivity contribution is 6.44. The summed E-state index contributed by atoms with van der Waals surface area (Å²) in [6.45, 7) is 1.72. The zero-order valence-corrected chi connectivity index (χ0v) is 6.08. The van der Waals surface area contributed by atoms with Crippen LogP contribution in [0.3, 0.4) is 0 Å². The first kappa shape index (κ1) is 8.05. The quantitative estimate of drug-likeness (QED) is 0.455. The summed E-state index contributed by atoms with van der Waals surface area (Å²) in [6, 6.07) is 0. The summed E-state index contributed by atoms with van der Waals surface area (Å²) < 4.78 is 10.4. The SMILES string of the molecule is OCCCCB1OCCO1. The number of aliphatic hydroxyl groups excluding tert-OH is 1. The Bertz CT molecular complexity index is 83.1. The molecule has 0 amide bonds. The van der Waals surface area contributed by atoms with Gasteiger partial charge in [0.2, 0.25) is 0 Å². The number of hydrogen-bond acceptors (Lipinski definition) is 3. The normalized spacial score (nSPS) is 18.3. The standard InChI is InChI=1S/C6H13BO3/c8-4-2-1-3-7-9-5-6-10-7/h8H,1-6H2. The van der Waals surface area contributed by atoms with E-state index in [9.17, 15) is 0 Å². The maximum Gasteiger partial charge on any atom is 0.457 e. The van der Waals surface area contributed by atoms with Crippen molar-refractivity contribution in [3.63, 3.8) is 0 Å². The molecule has 1 rings (SSSR count). The van der Waals surface area contributed by atoms with E-state index in [1.165, 1.54) is 0 Å². The summed E-state index contributed by atoms with van der Waals surface area (Å²) in [5, 5.41) is 8.46. The van der Waals surface area contributed by atoms with Gasteiger partial charge in [-0.1, -0.05) is 6.42 Å². The molecule has 0 atom stereocenters. The molecular weight excluding hydrogens is 131 g/mol. The Morgan fingerprint density at radius 3 is 2.50 bits per heavy atom. The lowest BCUT2D eigenvalue weighted by molar-refractivity contribution is 0.284. The van der Waals surface area contributed by atoms with Crippen LogP contribution in [0.4, 0.5) is 0 Å². The third kappa shape index (κ3) is 2.69. The van der Waals surface area contributed by atoms with Gasteiger partial charge in [-0.05, 0) is 12.7 Å². The first-order valence-corrected chi connectivity index (χ1v) is 3.77. The van der Waals surface area contributed by atoms with Gasteiger partial charge in [0.25, 0.3) is 0 Å². The van der Waals surface area contributed by atoms with Crippen LogP contribution >= 0.6 is 0 Å². The van der Waals surface area contributed by atoms with Crippen molar-refractivity contribution in [1.29, 1.82) is 0 Å². The zero-order valence-electron chi connectivity index (χ0n) is 6.08. The lowest BCUT2D eigenvalue weighted by Crippen LogP contribution is -2.13. The van der Waals surface area contributed by atoms with Crippen molar-refractivity contribution in [2.45, 2.75) is 19.2 Å². The molecule has 1 heterocycles. The third-order valence-electron chi connectivity index (χ3n) is 1.54. The first-order chi connectivity index (χ1) is 4.93. The van der Waals surface area contributed by atoms with Crippen LogP contribution in [0.5, 0.6) is 0 Å². The second kappa shape index (κ2) is 4.71. The Labute approximate surface area is 61.5 Å². The molecule has 0 spiro atoms. The summed E-state index contributed by atoms with van der Waals surface area (Å²) in [4.78, 5) is 0. The van der Waals surface area contributed by atoms with E-state index in [2.05, 4.69) is 0 Å². The Kier molecular flexibility index (Phi) is 3.79. The molecule has 0 aromatic heterocycles. The Hall–Kier alpha value is -0.0551. The highest BCUT2D eigenvalue weighted by atomic mass is 16.6. The smallest absolute Gasteiger partial charge is 0.409 e. The van der Waals surface area contributed by atoms with Crippen LogP contribution in [-0.4, -0.2) is 32.0 Å². The van der Waals surface area contributed by atoms with Crippen molar-refractivity contribution in [2.75, 3.05) is 19.8 Å². The fourth-order valence-electron chi connectivity index (χ4n) is 0.997. The first-order valence-electron chi connectivity index (χ1n) is 3.77. The van der Waals surface area contributed by atoms with Crippen molar-refractivity contribution < 1.29 is 14.4 Å². The minimum Gasteiger partial charge on any atom is -0.409 e. The summed E-state index contributed by atoms with van der Waals surface area (Å²) in [7, 11) is 0.00606. The molecule has 1 saturated heterocycles. The van der Waals surface area contributed by atoms with Gasteiger partial charge in [0, 0.05) is 6.61 Å². The maximum absolute atomic E-state index is 8.46. The Balaban J connectivity index is 1.91. The van der Waals surface area contributed by atoms with E-state index in [0.717, 1.165) is 32.4 Å². The van der Waals surface area contributed by atoms with Gasteiger partial charge >= 0.3 is 7.12 Å². The average molecular weight is 144 g/mol. The van der Waals surface area contributed by atoms with Crippen LogP contribution in [0.1, 0.15) is 12.8 Å². The number of hydrogen-bond donors (Lipinski definition) is 1. The highest BCUT2D eigenvalue weighted by Crippen LogP contribution is 2.08. The van der Waals surface area contributed by atoms with E-state index in [-0.39, 0.29) is 13.7 Å². The van der Waals surface area contributed by atoms with Gasteiger partial charge in [-0.15, -0.1) is 0 Å². The van der Waals surface area contributed by atoms with Gasteiger partial charge in [0.1, 0.15) is 0 Å². The summed E-state index contributed by atoms with van der Waals surface area (Å²) in [5.41, 5.74) is 0. The zero-order chi connectivity index (χ0) is 7.23. The van der Waals surface area contributed by atoms with Gasteiger partial charge in [-0.2, -0.15) is 0 Å². The summed E-state index contributed by atoms with van der Waals surface area (Å²) in [6.07, 6.45) is 2.75. The molecule has 1 N–H and O–H groups in total. The molecule has 1 aliphatic rings. The van der Waals surface area contributed by atoms with Crippen LogP contribution in [0.25, 0.3) is 0 Å².